The molecule has 1 aromatic heterocycles. The molecule has 0 spiro atoms. The van der Waals surface area contributed by atoms with Crippen LogP contribution in [0.1, 0.15) is 12.0 Å². The van der Waals surface area contributed by atoms with Gasteiger partial charge in [0.1, 0.15) is 7.05 Å². The molecule has 126 valence electrons. The summed E-state index contributed by atoms with van der Waals surface area (Å²) in [5.41, 5.74) is 3.82. The van der Waals surface area contributed by atoms with E-state index in [2.05, 4.69) is 96.0 Å². The molecule has 4 heteroatoms. The maximum absolute atomic E-state index is 4.40. The fourth-order valence-corrected chi connectivity index (χ4v) is 4.55. The molecule has 0 atom stereocenters. The highest BCUT2D eigenvalue weighted by Gasteiger charge is 2.24. The first kappa shape index (κ1) is 16.6. The van der Waals surface area contributed by atoms with Gasteiger partial charge in [0.25, 0.3) is 0 Å². The number of thiol groups is 1. The molecule has 0 aliphatic carbocycles. The zero-order chi connectivity index (χ0) is 17.2. The van der Waals surface area contributed by atoms with Crippen LogP contribution >= 0.6 is 24.4 Å². The summed E-state index contributed by atoms with van der Waals surface area (Å²) in [6, 6.07) is 19.4. The number of fused-ring (bicyclic) bond motifs is 2. The largest absolute Gasteiger partial charge is 0.335 e. The summed E-state index contributed by atoms with van der Waals surface area (Å²) in [5.74, 6) is 0.903. The molecule has 4 rings (SSSR count). The van der Waals surface area contributed by atoms with Gasteiger partial charge in [0, 0.05) is 23.6 Å². The Bertz CT molecular complexity index is 950. The van der Waals surface area contributed by atoms with Crippen LogP contribution in [0.5, 0.6) is 0 Å². The highest BCUT2D eigenvalue weighted by Crippen LogP contribution is 2.46. The number of para-hydroxylation sites is 2. The van der Waals surface area contributed by atoms with E-state index in [1.807, 2.05) is 11.8 Å². The van der Waals surface area contributed by atoms with Crippen LogP contribution in [0.25, 0.3) is 17.0 Å². The van der Waals surface area contributed by atoms with Crippen molar-refractivity contribution in [3.05, 3.63) is 71.4 Å². The zero-order valence-electron chi connectivity index (χ0n) is 14.2. The molecule has 1 aliphatic heterocycles. The molecule has 0 radical (unpaired) electrons. The van der Waals surface area contributed by atoms with Crippen LogP contribution in [0, 0.1) is 0 Å². The average Bonchev–Trinajstić information content (AvgIpc) is 2.99. The fourth-order valence-electron chi connectivity index (χ4n) is 3.27. The van der Waals surface area contributed by atoms with E-state index in [0.717, 1.165) is 18.7 Å². The third kappa shape index (κ3) is 3.16. The van der Waals surface area contributed by atoms with E-state index in [0.29, 0.717) is 0 Å². The molecular weight excluding hydrogens is 344 g/mol. The van der Waals surface area contributed by atoms with E-state index in [4.69, 9.17) is 0 Å². The van der Waals surface area contributed by atoms with Crippen molar-refractivity contribution in [2.75, 3.05) is 17.2 Å². The lowest BCUT2D eigenvalue weighted by Gasteiger charge is -2.20. The van der Waals surface area contributed by atoms with Crippen molar-refractivity contribution < 1.29 is 4.57 Å². The molecule has 2 heterocycles. The lowest BCUT2D eigenvalue weighted by Crippen LogP contribution is -2.28. The molecule has 0 saturated carbocycles. The van der Waals surface area contributed by atoms with Gasteiger partial charge in [-0.15, -0.1) is 0 Å². The Labute approximate surface area is 158 Å². The van der Waals surface area contributed by atoms with Crippen LogP contribution in [0.3, 0.4) is 0 Å². The van der Waals surface area contributed by atoms with Gasteiger partial charge in [0.15, 0.2) is 6.20 Å². The summed E-state index contributed by atoms with van der Waals surface area (Å²) in [4.78, 5) is 3.76. The van der Waals surface area contributed by atoms with E-state index in [-0.39, 0.29) is 0 Å². The maximum Gasteiger partial charge on any atom is 0.212 e. The number of rotatable bonds is 4. The Morgan fingerprint density at radius 1 is 1.08 bits per heavy atom. The van der Waals surface area contributed by atoms with Gasteiger partial charge in [-0.2, -0.15) is 12.6 Å². The predicted octanol–water partition coefficient (Wildman–Crippen LogP) is 4.89. The van der Waals surface area contributed by atoms with Gasteiger partial charge in [-0.3, -0.25) is 0 Å². The molecule has 3 aromatic rings. The molecule has 0 bridgehead atoms. The van der Waals surface area contributed by atoms with E-state index >= 15 is 0 Å². The molecule has 0 fully saturated rings. The van der Waals surface area contributed by atoms with Gasteiger partial charge in [0.05, 0.1) is 16.1 Å². The van der Waals surface area contributed by atoms with Crippen molar-refractivity contribution in [1.82, 2.24) is 0 Å². The second-order valence-corrected chi connectivity index (χ2v) is 7.69. The normalized spacial score (nSPS) is 15.1. The minimum absolute atomic E-state index is 0.903. The summed E-state index contributed by atoms with van der Waals surface area (Å²) in [7, 11) is 2.10. The molecule has 2 nitrogen and oxygen atoms in total. The Kier molecular flexibility index (Phi) is 4.73. The van der Waals surface area contributed by atoms with Crippen molar-refractivity contribution >= 4 is 47.1 Å². The van der Waals surface area contributed by atoms with Gasteiger partial charge >= 0.3 is 0 Å². The number of anilines is 1. The van der Waals surface area contributed by atoms with Gasteiger partial charge in [-0.05, 0) is 42.0 Å². The topological polar surface area (TPSA) is 7.12 Å². The maximum atomic E-state index is 4.40. The van der Waals surface area contributed by atoms with E-state index in [1.54, 1.807) is 0 Å². The van der Waals surface area contributed by atoms with Gasteiger partial charge in [-0.25, -0.2) is 4.57 Å². The fraction of sp³-hybridized carbons (Fsp3) is 0.190. The number of hydrogen-bond acceptors (Lipinski definition) is 3. The second-order valence-electron chi connectivity index (χ2n) is 6.18. The van der Waals surface area contributed by atoms with Gasteiger partial charge < -0.3 is 4.90 Å². The third-order valence-corrected chi connectivity index (χ3v) is 5.96. The molecule has 25 heavy (non-hydrogen) atoms. The lowest BCUT2D eigenvalue weighted by molar-refractivity contribution is -0.644. The number of thioether (sulfide) groups is 1. The van der Waals surface area contributed by atoms with Crippen LogP contribution < -0.4 is 9.47 Å². The Hall–Kier alpha value is -1.91. The van der Waals surface area contributed by atoms with Gasteiger partial charge in [-0.1, -0.05) is 36.0 Å². The number of aryl methyl sites for hydroxylation is 1. The Balaban J connectivity index is 1.80. The van der Waals surface area contributed by atoms with Crippen LogP contribution in [0.15, 0.2) is 70.7 Å². The highest BCUT2D eigenvalue weighted by atomic mass is 32.2. The SMILES string of the molecule is C[n+]1ccc(C=C2Sc3ccccc3N2CCCS)c2ccccc21. The molecule has 0 N–H and O–H groups in total. The summed E-state index contributed by atoms with van der Waals surface area (Å²) in [5, 5.41) is 2.58. The van der Waals surface area contributed by atoms with Crippen LogP contribution in [-0.2, 0) is 7.05 Å². The predicted molar refractivity (Wildman–Crippen MR) is 111 cm³/mol. The van der Waals surface area contributed by atoms with E-state index in [9.17, 15) is 0 Å². The van der Waals surface area contributed by atoms with Crippen molar-refractivity contribution in [3.63, 3.8) is 0 Å². The molecule has 2 aromatic carbocycles. The van der Waals surface area contributed by atoms with Crippen molar-refractivity contribution in [1.29, 1.82) is 0 Å². The minimum atomic E-state index is 0.903. The van der Waals surface area contributed by atoms with E-state index in [1.165, 1.54) is 32.1 Å². The number of benzene rings is 2. The van der Waals surface area contributed by atoms with Crippen LogP contribution in [-0.4, -0.2) is 12.3 Å². The summed E-state index contributed by atoms with van der Waals surface area (Å²) in [6.07, 6.45) is 5.53. The van der Waals surface area contributed by atoms with Crippen molar-refractivity contribution in [3.8, 4) is 0 Å². The average molecular weight is 366 g/mol. The Morgan fingerprint density at radius 3 is 2.76 bits per heavy atom. The lowest BCUT2D eigenvalue weighted by atomic mass is 10.1. The number of nitrogens with zero attached hydrogens (tertiary/aromatic N) is 2. The molecule has 0 amide bonds. The van der Waals surface area contributed by atoms with Crippen LogP contribution in [0.4, 0.5) is 5.69 Å². The smallest absolute Gasteiger partial charge is 0.212 e. The number of aromatic nitrogens is 1. The number of pyridine rings is 1. The highest BCUT2D eigenvalue weighted by molar-refractivity contribution is 8.03. The second kappa shape index (κ2) is 7.14. The standard InChI is InChI=1S/C21H20N2S2/c1-22-13-11-16(17-7-2-3-8-18(17)22)15-21-23(12-6-14-24)19-9-4-5-10-20(19)25-21/h2-5,7-11,13,15H,6,12,14H2,1H3/p+1. The van der Waals surface area contributed by atoms with Crippen molar-refractivity contribution in [2.45, 2.75) is 11.3 Å². The minimum Gasteiger partial charge on any atom is -0.335 e. The quantitative estimate of drug-likeness (QED) is 0.519. The van der Waals surface area contributed by atoms with E-state index < -0.39 is 0 Å². The molecule has 0 unspecified atom stereocenters. The third-order valence-electron chi connectivity index (χ3n) is 4.53. The number of hydrogen-bond donors (Lipinski definition) is 1. The molecule has 1 aliphatic rings. The first-order valence-corrected chi connectivity index (χ1v) is 9.97. The summed E-state index contributed by atoms with van der Waals surface area (Å²) < 4.78 is 2.17. The summed E-state index contributed by atoms with van der Waals surface area (Å²) >= 11 is 6.25. The first-order chi connectivity index (χ1) is 12.3. The first-order valence-electron chi connectivity index (χ1n) is 8.52. The van der Waals surface area contributed by atoms with Gasteiger partial charge in [0.2, 0.25) is 5.52 Å². The molecular formula is C21H21N2S2+. The Morgan fingerprint density at radius 2 is 1.88 bits per heavy atom. The monoisotopic (exact) mass is 365 g/mol. The zero-order valence-corrected chi connectivity index (χ0v) is 15.9. The molecule has 0 saturated heterocycles. The van der Waals surface area contributed by atoms with Crippen molar-refractivity contribution in [2.24, 2.45) is 7.05 Å². The summed E-state index contributed by atoms with van der Waals surface area (Å²) in [6.45, 7) is 0.998. The van der Waals surface area contributed by atoms with Crippen LogP contribution in [0.2, 0.25) is 0 Å².